The van der Waals surface area contributed by atoms with Crippen molar-refractivity contribution in [3.8, 4) is 0 Å². The Labute approximate surface area is 70.7 Å². The fourth-order valence-corrected chi connectivity index (χ4v) is 0.749. The fourth-order valence-electron chi connectivity index (χ4n) is 0.426. The van der Waals surface area contributed by atoms with Gasteiger partial charge in [0, 0.05) is 5.33 Å². The summed E-state index contributed by atoms with van der Waals surface area (Å²) >= 11 is 3.34. The minimum atomic E-state index is 0.671. The molecular formula is C8H12BrN. The molecule has 0 aromatic carbocycles. The lowest BCUT2D eigenvalue weighted by Crippen LogP contribution is -1.71. The standard InChI is InChI=1S/C8H12BrN/c1-2-7-10-8-5-3-4-6-9/h2,5H,1,3-4,6-7H2. The average molecular weight is 202 g/mol. The smallest absolute Gasteiger partial charge is 0.0662 e. The Bertz CT molecular complexity index is 134. The van der Waals surface area contributed by atoms with E-state index in [4.69, 9.17) is 0 Å². The molecule has 0 N–H and O–H groups in total. The second-order valence-electron chi connectivity index (χ2n) is 1.79. The van der Waals surface area contributed by atoms with Crippen LogP contribution in [0.2, 0.25) is 0 Å². The first-order chi connectivity index (χ1) is 4.91. The van der Waals surface area contributed by atoms with Crippen LogP contribution in [-0.2, 0) is 0 Å². The van der Waals surface area contributed by atoms with E-state index in [9.17, 15) is 0 Å². The summed E-state index contributed by atoms with van der Waals surface area (Å²) in [5.41, 5.74) is 0. The van der Waals surface area contributed by atoms with Crippen LogP contribution in [0.15, 0.2) is 23.7 Å². The molecule has 0 atom stereocenters. The van der Waals surface area contributed by atoms with Gasteiger partial charge in [0.2, 0.25) is 0 Å². The Morgan fingerprint density at radius 2 is 2.40 bits per heavy atom. The average Bonchev–Trinajstić information content (AvgIpc) is 1.97. The van der Waals surface area contributed by atoms with Crippen molar-refractivity contribution in [2.24, 2.45) is 4.99 Å². The molecule has 10 heavy (non-hydrogen) atoms. The van der Waals surface area contributed by atoms with Crippen LogP contribution in [0.1, 0.15) is 12.8 Å². The Hall–Kier alpha value is -0.330. The third-order valence-electron chi connectivity index (χ3n) is 0.885. The van der Waals surface area contributed by atoms with Gasteiger partial charge in [0.15, 0.2) is 0 Å². The highest BCUT2D eigenvalue weighted by Crippen LogP contribution is 1.92. The Kier molecular flexibility index (Phi) is 8.38. The molecule has 0 aromatic rings. The normalized spacial score (nSPS) is 8.10. The van der Waals surface area contributed by atoms with E-state index < -0.39 is 0 Å². The minimum Gasteiger partial charge on any atom is -0.239 e. The van der Waals surface area contributed by atoms with Crippen molar-refractivity contribution in [1.29, 1.82) is 0 Å². The number of allylic oxidation sites excluding steroid dienone is 1. The number of hydrogen-bond acceptors (Lipinski definition) is 1. The molecule has 56 valence electrons. The van der Waals surface area contributed by atoms with Crippen LogP contribution in [-0.4, -0.2) is 17.7 Å². The first kappa shape index (κ1) is 9.67. The van der Waals surface area contributed by atoms with Crippen molar-refractivity contribution in [3.05, 3.63) is 18.7 Å². The molecule has 1 nitrogen and oxygen atoms in total. The molecule has 0 saturated heterocycles. The first-order valence-electron chi connectivity index (χ1n) is 3.32. The van der Waals surface area contributed by atoms with Gasteiger partial charge in [-0.2, -0.15) is 0 Å². The summed E-state index contributed by atoms with van der Waals surface area (Å²) < 4.78 is 0. The van der Waals surface area contributed by atoms with Crippen LogP contribution in [0.3, 0.4) is 0 Å². The highest BCUT2D eigenvalue weighted by molar-refractivity contribution is 9.09. The van der Waals surface area contributed by atoms with Gasteiger partial charge in [-0.25, -0.2) is 4.99 Å². The number of aliphatic imine (C=N–C) groups is 1. The molecule has 2 heteroatoms. The van der Waals surface area contributed by atoms with Crippen molar-refractivity contribution in [1.82, 2.24) is 0 Å². The Balaban J connectivity index is 3.25. The quantitative estimate of drug-likeness (QED) is 0.281. The van der Waals surface area contributed by atoms with E-state index in [1.165, 1.54) is 0 Å². The summed E-state index contributed by atoms with van der Waals surface area (Å²) in [5.74, 6) is 2.83. The van der Waals surface area contributed by atoms with E-state index in [-0.39, 0.29) is 0 Å². The predicted molar refractivity (Wildman–Crippen MR) is 50.1 cm³/mol. The molecule has 0 rings (SSSR count). The molecule has 0 unspecified atom stereocenters. The number of rotatable bonds is 5. The van der Waals surface area contributed by atoms with Crippen LogP contribution < -0.4 is 0 Å². The number of alkyl halides is 1. The van der Waals surface area contributed by atoms with E-state index in [0.717, 1.165) is 18.2 Å². The van der Waals surface area contributed by atoms with Gasteiger partial charge in [0.25, 0.3) is 0 Å². The van der Waals surface area contributed by atoms with Gasteiger partial charge in [0.1, 0.15) is 0 Å². The maximum atomic E-state index is 3.92. The van der Waals surface area contributed by atoms with E-state index in [0.29, 0.717) is 6.54 Å². The summed E-state index contributed by atoms with van der Waals surface area (Å²) in [6.07, 6.45) is 5.90. The molecule has 0 spiro atoms. The first-order valence-corrected chi connectivity index (χ1v) is 4.44. The van der Waals surface area contributed by atoms with Crippen LogP contribution in [0.4, 0.5) is 0 Å². The lowest BCUT2D eigenvalue weighted by Gasteiger charge is -1.81. The van der Waals surface area contributed by atoms with Gasteiger partial charge < -0.3 is 0 Å². The maximum Gasteiger partial charge on any atom is 0.0662 e. The van der Waals surface area contributed by atoms with E-state index in [2.05, 4.69) is 33.4 Å². The van der Waals surface area contributed by atoms with Crippen LogP contribution >= 0.6 is 15.9 Å². The number of nitrogens with zero attached hydrogens (tertiary/aromatic N) is 1. The molecule has 0 heterocycles. The number of halogens is 1. The van der Waals surface area contributed by atoms with Crippen LogP contribution in [0.5, 0.6) is 0 Å². The molecule has 0 aliphatic heterocycles. The van der Waals surface area contributed by atoms with Crippen LogP contribution in [0, 0.1) is 0 Å². The zero-order valence-corrected chi connectivity index (χ0v) is 7.60. The summed E-state index contributed by atoms with van der Waals surface area (Å²) in [6, 6.07) is 0. The van der Waals surface area contributed by atoms with Gasteiger partial charge >= 0.3 is 0 Å². The van der Waals surface area contributed by atoms with Gasteiger partial charge in [-0.05, 0) is 24.8 Å². The molecule has 0 aliphatic carbocycles. The summed E-state index contributed by atoms with van der Waals surface area (Å²) in [5, 5.41) is 1.05. The fraction of sp³-hybridized carbons (Fsp3) is 0.500. The molecule has 0 aromatic heterocycles. The highest BCUT2D eigenvalue weighted by atomic mass is 79.9. The number of unbranched alkanes of at least 4 members (excludes halogenated alkanes) is 1. The zero-order chi connectivity index (χ0) is 7.66. The minimum absolute atomic E-state index is 0.671. The molecule has 0 fully saturated rings. The molecule has 0 bridgehead atoms. The predicted octanol–water partition coefficient (Wildman–Crippen LogP) is 2.57. The molecule has 0 aliphatic rings. The second-order valence-corrected chi connectivity index (χ2v) is 2.59. The summed E-state index contributed by atoms with van der Waals surface area (Å²) in [4.78, 5) is 3.92. The van der Waals surface area contributed by atoms with Crippen molar-refractivity contribution in [3.63, 3.8) is 0 Å². The molecular weight excluding hydrogens is 190 g/mol. The number of hydrogen-bond donors (Lipinski definition) is 0. The SMILES string of the molecule is C=CCN=C=CCCCBr. The van der Waals surface area contributed by atoms with Crippen molar-refractivity contribution in [2.45, 2.75) is 12.8 Å². The molecule has 0 amide bonds. The highest BCUT2D eigenvalue weighted by Gasteiger charge is 1.75. The summed E-state index contributed by atoms with van der Waals surface area (Å²) in [6.45, 7) is 4.21. The van der Waals surface area contributed by atoms with Gasteiger partial charge in [0.05, 0.1) is 6.54 Å². The van der Waals surface area contributed by atoms with Gasteiger partial charge in [-0.3, -0.25) is 0 Å². The summed E-state index contributed by atoms with van der Waals surface area (Å²) in [7, 11) is 0. The molecule has 0 saturated carbocycles. The zero-order valence-electron chi connectivity index (χ0n) is 6.02. The third-order valence-corrected chi connectivity index (χ3v) is 1.45. The Morgan fingerprint density at radius 3 is 3.00 bits per heavy atom. The van der Waals surface area contributed by atoms with Gasteiger partial charge in [-0.1, -0.05) is 22.0 Å². The second kappa shape index (κ2) is 8.67. The largest absolute Gasteiger partial charge is 0.239 e. The van der Waals surface area contributed by atoms with Crippen molar-refractivity contribution < 1.29 is 0 Å². The topological polar surface area (TPSA) is 12.4 Å². The van der Waals surface area contributed by atoms with E-state index in [1.807, 2.05) is 6.08 Å². The Morgan fingerprint density at radius 1 is 1.60 bits per heavy atom. The monoisotopic (exact) mass is 201 g/mol. The molecule has 0 radical (unpaired) electrons. The van der Waals surface area contributed by atoms with E-state index >= 15 is 0 Å². The lowest BCUT2D eigenvalue weighted by molar-refractivity contribution is 0.985. The van der Waals surface area contributed by atoms with Crippen molar-refractivity contribution in [2.75, 3.05) is 11.9 Å². The van der Waals surface area contributed by atoms with Crippen molar-refractivity contribution >= 4 is 21.8 Å². The third kappa shape index (κ3) is 7.67. The lowest BCUT2D eigenvalue weighted by atomic mass is 10.3. The van der Waals surface area contributed by atoms with E-state index in [1.54, 1.807) is 6.08 Å². The van der Waals surface area contributed by atoms with Crippen LogP contribution in [0.25, 0.3) is 0 Å². The maximum absolute atomic E-state index is 3.92. The van der Waals surface area contributed by atoms with Gasteiger partial charge in [-0.15, -0.1) is 6.58 Å².